The second-order valence-corrected chi connectivity index (χ2v) is 7.38. The number of aliphatic imine (C=N–C) groups is 1. The van der Waals surface area contributed by atoms with Gasteiger partial charge in [0.25, 0.3) is 0 Å². The van der Waals surface area contributed by atoms with Gasteiger partial charge >= 0.3 is 0 Å². The Labute approximate surface area is 168 Å². The zero-order chi connectivity index (χ0) is 19.4. The number of amides is 1. The first kappa shape index (κ1) is 19.1. The van der Waals surface area contributed by atoms with Crippen LogP contribution < -0.4 is 4.90 Å². The van der Waals surface area contributed by atoms with Crippen LogP contribution in [0.4, 0.5) is 11.4 Å². The fourth-order valence-electron chi connectivity index (χ4n) is 2.73. The smallest absolute Gasteiger partial charge is 0.229 e. The summed E-state index contributed by atoms with van der Waals surface area (Å²) in [5, 5.41) is 0. The molecule has 0 atom stereocenters. The normalized spacial score (nSPS) is 11.3. The first-order valence-electron chi connectivity index (χ1n) is 8.73. The van der Waals surface area contributed by atoms with Crippen molar-refractivity contribution in [2.24, 2.45) is 4.99 Å². The molecular formula is C23H21BrN2O. The minimum absolute atomic E-state index is 0.0902. The van der Waals surface area contributed by atoms with Crippen LogP contribution in [0.1, 0.15) is 23.6 Å². The molecule has 0 fully saturated rings. The summed E-state index contributed by atoms with van der Waals surface area (Å²) in [6.07, 6.45) is 0. The lowest BCUT2D eigenvalue weighted by atomic mass is 10.1. The van der Waals surface area contributed by atoms with Crippen LogP contribution in [0.25, 0.3) is 0 Å². The Kier molecular flexibility index (Phi) is 5.87. The number of aryl methyl sites for hydroxylation is 2. The Balaban J connectivity index is 2.16. The van der Waals surface area contributed by atoms with Gasteiger partial charge in [-0.3, -0.25) is 9.69 Å². The van der Waals surface area contributed by atoms with E-state index in [-0.39, 0.29) is 5.91 Å². The molecule has 136 valence electrons. The highest BCUT2D eigenvalue weighted by Crippen LogP contribution is 2.23. The van der Waals surface area contributed by atoms with Gasteiger partial charge in [0.15, 0.2) is 0 Å². The standard InChI is InChI=1S/C23H21BrN2O/c1-16-4-12-21(13-5-16)25-23(19-8-10-20(24)11-9-19)26(18(3)27)22-14-6-17(2)7-15-22/h4-15H,1-3H3. The summed E-state index contributed by atoms with van der Waals surface area (Å²) >= 11 is 3.47. The van der Waals surface area contributed by atoms with E-state index in [1.54, 1.807) is 11.8 Å². The van der Waals surface area contributed by atoms with Crippen LogP contribution in [0.5, 0.6) is 0 Å². The van der Waals surface area contributed by atoms with Crippen LogP contribution in [0, 0.1) is 13.8 Å². The quantitative estimate of drug-likeness (QED) is 0.366. The number of anilines is 1. The summed E-state index contributed by atoms with van der Waals surface area (Å²) in [5.41, 5.74) is 4.78. The lowest BCUT2D eigenvalue weighted by molar-refractivity contribution is -0.115. The van der Waals surface area contributed by atoms with Gasteiger partial charge in [-0.25, -0.2) is 4.99 Å². The first-order chi connectivity index (χ1) is 12.9. The molecule has 3 nitrogen and oxygen atoms in total. The molecule has 3 aromatic carbocycles. The number of carbonyl (C=O) groups is 1. The molecular weight excluding hydrogens is 400 g/mol. The monoisotopic (exact) mass is 420 g/mol. The lowest BCUT2D eigenvalue weighted by Crippen LogP contribution is -2.35. The van der Waals surface area contributed by atoms with Gasteiger partial charge in [-0.15, -0.1) is 0 Å². The van der Waals surface area contributed by atoms with Crippen LogP contribution in [0.3, 0.4) is 0 Å². The summed E-state index contributed by atoms with van der Waals surface area (Å²) in [6.45, 7) is 5.62. The van der Waals surface area contributed by atoms with Crippen LogP contribution in [-0.4, -0.2) is 11.7 Å². The highest BCUT2D eigenvalue weighted by molar-refractivity contribution is 9.10. The van der Waals surface area contributed by atoms with E-state index < -0.39 is 0 Å². The maximum atomic E-state index is 12.6. The summed E-state index contributed by atoms with van der Waals surface area (Å²) in [4.78, 5) is 19.1. The van der Waals surface area contributed by atoms with Crippen molar-refractivity contribution in [3.63, 3.8) is 0 Å². The van der Waals surface area contributed by atoms with Crippen molar-refractivity contribution >= 4 is 39.0 Å². The Morgan fingerprint density at radius 1 is 0.815 bits per heavy atom. The molecule has 27 heavy (non-hydrogen) atoms. The number of benzene rings is 3. The number of nitrogens with zero attached hydrogens (tertiary/aromatic N) is 2. The molecule has 0 aliphatic heterocycles. The number of halogens is 1. The average Bonchev–Trinajstić information content (AvgIpc) is 2.65. The van der Waals surface area contributed by atoms with E-state index in [9.17, 15) is 4.79 Å². The highest BCUT2D eigenvalue weighted by Gasteiger charge is 2.20. The number of rotatable bonds is 3. The lowest BCUT2D eigenvalue weighted by Gasteiger charge is -2.24. The Bertz CT molecular complexity index is 959. The summed E-state index contributed by atoms with van der Waals surface area (Å²) in [5.74, 6) is 0.510. The van der Waals surface area contributed by atoms with Gasteiger partial charge in [-0.05, 0) is 50.2 Å². The highest BCUT2D eigenvalue weighted by atomic mass is 79.9. The fourth-order valence-corrected chi connectivity index (χ4v) is 3.00. The molecule has 0 N–H and O–H groups in total. The fraction of sp³-hybridized carbons (Fsp3) is 0.130. The SMILES string of the molecule is CC(=O)N(C(=Nc1ccc(C)cc1)c1ccc(Br)cc1)c1ccc(C)cc1. The molecule has 0 heterocycles. The van der Waals surface area contributed by atoms with E-state index >= 15 is 0 Å². The number of carbonyl (C=O) groups excluding carboxylic acids is 1. The molecule has 0 aliphatic rings. The number of hydrogen-bond acceptors (Lipinski definition) is 2. The number of hydrogen-bond donors (Lipinski definition) is 0. The summed E-state index contributed by atoms with van der Waals surface area (Å²) in [6, 6.07) is 23.7. The van der Waals surface area contributed by atoms with Crippen LogP contribution in [-0.2, 0) is 4.79 Å². The first-order valence-corrected chi connectivity index (χ1v) is 9.52. The van der Waals surface area contributed by atoms with Crippen LogP contribution in [0.15, 0.2) is 82.3 Å². The van der Waals surface area contributed by atoms with E-state index in [1.807, 2.05) is 86.6 Å². The van der Waals surface area contributed by atoms with Crippen molar-refractivity contribution in [3.8, 4) is 0 Å². The maximum absolute atomic E-state index is 12.6. The van der Waals surface area contributed by atoms with E-state index in [0.29, 0.717) is 5.84 Å². The maximum Gasteiger partial charge on any atom is 0.229 e. The van der Waals surface area contributed by atoms with E-state index in [4.69, 9.17) is 4.99 Å². The molecule has 0 unspecified atom stereocenters. The van der Waals surface area contributed by atoms with Gasteiger partial charge in [0.05, 0.1) is 11.4 Å². The molecule has 4 heteroatoms. The Hall–Kier alpha value is -2.72. The molecule has 3 aromatic rings. The van der Waals surface area contributed by atoms with Gasteiger partial charge in [0.1, 0.15) is 5.84 Å². The number of amidine groups is 1. The van der Waals surface area contributed by atoms with Gasteiger partial charge in [-0.1, -0.05) is 63.5 Å². The zero-order valence-corrected chi connectivity index (χ0v) is 17.2. The minimum Gasteiger partial charge on any atom is -0.274 e. The predicted molar refractivity (Wildman–Crippen MR) is 116 cm³/mol. The summed E-state index contributed by atoms with van der Waals surface area (Å²) in [7, 11) is 0. The molecule has 0 saturated carbocycles. The van der Waals surface area contributed by atoms with Gasteiger partial charge in [-0.2, -0.15) is 0 Å². The average molecular weight is 421 g/mol. The third-order valence-corrected chi connectivity index (χ3v) is 4.72. The molecule has 0 bridgehead atoms. The van der Waals surface area contributed by atoms with E-state index in [1.165, 1.54) is 5.56 Å². The zero-order valence-electron chi connectivity index (χ0n) is 15.6. The van der Waals surface area contributed by atoms with Gasteiger partial charge in [0, 0.05) is 17.0 Å². The van der Waals surface area contributed by atoms with Crippen LogP contribution >= 0.6 is 15.9 Å². The van der Waals surface area contributed by atoms with Crippen molar-refractivity contribution in [2.75, 3.05) is 4.90 Å². The largest absolute Gasteiger partial charge is 0.274 e. The molecule has 3 rings (SSSR count). The predicted octanol–water partition coefficient (Wildman–Crippen LogP) is 6.20. The molecule has 0 radical (unpaired) electrons. The topological polar surface area (TPSA) is 32.7 Å². The van der Waals surface area contributed by atoms with Crippen molar-refractivity contribution in [1.82, 2.24) is 0 Å². The molecule has 0 saturated heterocycles. The third kappa shape index (κ3) is 4.72. The van der Waals surface area contributed by atoms with Crippen LogP contribution in [0.2, 0.25) is 0 Å². The molecule has 0 aliphatic carbocycles. The Morgan fingerprint density at radius 3 is 1.85 bits per heavy atom. The van der Waals surface area contributed by atoms with Gasteiger partial charge < -0.3 is 0 Å². The second-order valence-electron chi connectivity index (χ2n) is 6.47. The van der Waals surface area contributed by atoms with Gasteiger partial charge in [0.2, 0.25) is 5.91 Å². The third-order valence-electron chi connectivity index (χ3n) is 4.19. The van der Waals surface area contributed by atoms with Crippen molar-refractivity contribution < 1.29 is 4.79 Å². The van der Waals surface area contributed by atoms with E-state index in [0.717, 1.165) is 27.0 Å². The molecule has 1 amide bonds. The minimum atomic E-state index is -0.0902. The van der Waals surface area contributed by atoms with E-state index in [2.05, 4.69) is 15.9 Å². The Morgan fingerprint density at radius 2 is 1.33 bits per heavy atom. The van der Waals surface area contributed by atoms with Crippen molar-refractivity contribution in [1.29, 1.82) is 0 Å². The summed E-state index contributed by atoms with van der Waals surface area (Å²) < 4.78 is 0.977. The molecule has 0 spiro atoms. The second kappa shape index (κ2) is 8.31. The molecule has 0 aromatic heterocycles. The van der Waals surface area contributed by atoms with Crippen molar-refractivity contribution in [2.45, 2.75) is 20.8 Å². The van der Waals surface area contributed by atoms with Crippen molar-refractivity contribution in [3.05, 3.63) is 94.0 Å².